The maximum absolute atomic E-state index is 12.6. The smallest absolute Gasteiger partial charge is 0.193 e. The van der Waals surface area contributed by atoms with Crippen LogP contribution in [0.2, 0.25) is 0 Å². The first-order chi connectivity index (χ1) is 9.72. The summed E-state index contributed by atoms with van der Waals surface area (Å²) < 4.78 is 0. The number of hydrogen-bond donors (Lipinski definition) is 0. The van der Waals surface area contributed by atoms with Crippen molar-refractivity contribution in [1.82, 2.24) is 0 Å². The van der Waals surface area contributed by atoms with Crippen molar-refractivity contribution in [2.45, 2.75) is 12.8 Å². The minimum Gasteiger partial charge on any atom is -0.289 e. The molecule has 0 aliphatic heterocycles. The number of ketones is 1. The topological polar surface area (TPSA) is 64.7 Å². The van der Waals surface area contributed by atoms with Crippen molar-refractivity contribution >= 4 is 5.78 Å². The fourth-order valence-corrected chi connectivity index (χ4v) is 2.60. The molecule has 0 saturated carbocycles. The quantitative estimate of drug-likeness (QED) is 0.729. The Hall–Kier alpha value is -2.91. The first-order valence-corrected chi connectivity index (χ1v) is 6.33. The van der Waals surface area contributed by atoms with Gasteiger partial charge in [-0.3, -0.25) is 4.79 Å². The van der Waals surface area contributed by atoms with Gasteiger partial charge < -0.3 is 0 Å². The highest BCUT2D eigenvalue weighted by atomic mass is 16.1. The highest BCUT2D eigenvalue weighted by Crippen LogP contribution is 2.26. The Morgan fingerprint density at radius 3 is 1.65 bits per heavy atom. The van der Waals surface area contributed by atoms with Gasteiger partial charge >= 0.3 is 0 Å². The van der Waals surface area contributed by atoms with Crippen molar-refractivity contribution in [3.63, 3.8) is 0 Å². The number of nitriles is 2. The number of hydrogen-bond acceptors (Lipinski definition) is 3. The molecule has 0 fully saturated rings. The van der Waals surface area contributed by atoms with E-state index in [1.54, 1.807) is 36.4 Å². The summed E-state index contributed by atoms with van der Waals surface area (Å²) in [6, 6.07) is 14.6. The zero-order valence-electron chi connectivity index (χ0n) is 10.7. The van der Waals surface area contributed by atoms with Crippen LogP contribution in [0.5, 0.6) is 0 Å². The summed E-state index contributed by atoms with van der Waals surface area (Å²) in [5, 5.41) is 17.9. The van der Waals surface area contributed by atoms with Crippen molar-refractivity contribution in [2.75, 3.05) is 0 Å². The molecular formula is C17H10N2O. The predicted octanol–water partition coefficient (Wildman–Crippen LogP) is 2.76. The highest BCUT2D eigenvalue weighted by molar-refractivity contribution is 6.11. The van der Waals surface area contributed by atoms with Gasteiger partial charge in [0.15, 0.2) is 5.78 Å². The largest absolute Gasteiger partial charge is 0.289 e. The van der Waals surface area contributed by atoms with Crippen LogP contribution >= 0.6 is 0 Å². The van der Waals surface area contributed by atoms with Crippen molar-refractivity contribution in [1.29, 1.82) is 10.5 Å². The van der Waals surface area contributed by atoms with Crippen LogP contribution in [0.25, 0.3) is 0 Å². The molecule has 94 valence electrons. The molecule has 0 bridgehead atoms. The highest BCUT2D eigenvalue weighted by Gasteiger charge is 2.21. The molecular weight excluding hydrogens is 248 g/mol. The second-order valence-corrected chi connectivity index (χ2v) is 4.80. The first-order valence-electron chi connectivity index (χ1n) is 6.33. The molecule has 0 atom stereocenters. The van der Waals surface area contributed by atoms with E-state index >= 15 is 0 Å². The molecule has 0 N–H and O–H groups in total. The first kappa shape index (κ1) is 12.1. The van der Waals surface area contributed by atoms with Gasteiger partial charge in [0.2, 0.25) is 0 Å². The Kier molecular flexibility index (Phi) is 2.82. The van der Waals surface area contributed by atoms with Gasteiger partial charge in [0, 0.05) is 11.1 Å². The minimum absolute atomic E-state index is 0.0264. The normalized spacial score (nSPS) is 12.6. The summed E-state index contributed by atoms with van der Waals surface area (Å²) >= 11 is 0. The third-order valence-corrected chi connectivity index (χ3v) is 3.62. The average Bonchev–Trinajstić information content (AvgIpc) is 2.64. The number of benzene rings is 2. The molecule has 20 heavy (non-hydrogen) atoms. The summed E-state index contributed by atoms with van der Waals surface area (Å²) in [5.41, 5.74) is 4.27. The molecule has 2 aromatic carbocycles. The summed E-state index contributed by atoms with van der Waals surface area (Å²) in [7, 11) is 0. The predicted molar refractivity (Wildman–Crippen MR) is 73.2 cm³/mol. The lowest BCUT2D eigenvalue weighted by Crippen LogP contribution is -2.04. The summed E-state index contributed by atoms with van der Waals surface area (Å²) in [5.74, 6) is -0.0264. The molecule has 0 heterocycles. The van der Waals surface area contributed by atoms with Gasteiger partial charge in [-0.05, 0) is 60.4 Å². The lowest BCUT2D eigenvalue weighted by molar-refractivity contribution is 0.103. The van der Waals surface area contributed by atoms with Crippen LogP contribution in [0.4, 0.5) is 0 Å². The Balaban J connectivity index is 2.15. The van der Waals surface area contributed by atoms with Gasteiger partial charge in [-0.15, -0.1) is 0 Å². The molecule has 1 aliphatic carbocycles. The molecule has 0 saturated heterocycles. The zero-order valence-corrected chi connectivity index (χ0v) is 10.7. The molecule has 0 unspecified atom stereocenters. The second kappa shape index (κ2) is 4.64. The summed E-state index contributed by atoms with van der Waals surface area (Å²) in [6.07, 6.45) is 1.41. The van der Waals surface area contributed by atoms with E-state index in [9.17, 15) is 4.79 Å². The van der Waals surface area contributed by atoms with Crippen LogP contribution < -0.4 is 0 Å². The van der Waals surface area contributed by atoms with Gasteiger partial charge in [-0.2, -0.15) is 10.5 Å². The fourth-order valence-electron chi connectivity index (χ4n) is 2.60. The van der Waals surface area contributed by atoms with E-state index in [1.165, 1.54) is 0 Å². The van der Waals surface area contributed by atoms with Gasteiger partial charge in [-0.25, -0.2) is 0 Å². The van der Waals surface area contributed by atoms with Crippen LogP contribution in [0.3, 0.4) is 0 Å². The Labute approximate surface area is 116 Å². The van der Waals surface area contributed by atoms with E-state index in [1.807, 2.05) is 0 Å². The summed E-state index contributed by atoms with van der Waals surface area (Å²) in [4.78, 5) is 12.6. The van der Waals surface area contributed by atoms with Gasteiger partial charge in [0.1, 0.15) is 0 Å². The monoisotopic (exact) mass is 258 g/mol. The van der Waals surface area contributed by atoms with Crippen molar-refractivity contribution < 1.29 is 4.79 Å². The van der Waals surface area contributed by atoms with Gasteiger partial charge in [0.25, 0.3) is 0 Å². The third-order valence-electron chi connectivity index (χ3n) is 3.62. The Bertz CT molecular complexity index is 739. The van der Waals surface area contributed by atoms with E-state index in [2.05, 4.69) is 12.1 Å². The molecule has 0 radical (unpaired) electrons. The Morgan fingerprint density at radius 1 is 0.800 bits per heavy atom. The molecule has 3 heteroatoms. The van der Waals surface area contributed by atoms with Crippen molar-refractivity contribution in [2.24, 2.45) is 0 Å². The minimum atomic E-state index is -0.0264. The van der Waals surface area contributed by atoms with Crippen LogP contribution in [-0.4, -0.2) is 5.78 Å². The molecule has 3 rings (SSSR count). The Morgan fingerprint density at radius 2 is 1.25 bits per heavy atom. The van der Waals surface area contributed by atoms with E-state index in [-0.39, 0.29) is 5.78 Å². The maximum atomic E-state index is 12.6. The zero-order chi connectivity index (χ0) is 14.1. The molecule has 1 aliphatic rings. The van der Waals surface area contributed by atoms with Crippen LogP contribution in [0, 0.1) is 22.7 Å². The van der Waals surface area contributed by atoms with Gasteiger partial charge in [-0.1, -0.05) is 0 Å². The van der Waals surface area contributed by atoms with E-state index < -0.39 is 0 Å². The summed E-state index contributed by atoms with van der Waals surface area (Å²) in [6.45, 7) is 0. The molecule has 2 aromatic rings. The van der Waals surface area contributed by atoms with Crippen LogP contribution in [0.15, 0.2) is 36.4 Å². The number of aryl methyl sites for hydroxylation is 2. The van der Waals surface area contributed by atoms with Crippen LogP contribution in [-0.2, 0) is 12.8 Å². The third kappa shape index (κ3) is 1.86. The molecule has 3 nitrogen and oxygen atoms in total. The fraction of sp³-hybridized carbons (Fsp3) is 0.118. The SMILES string of the molecule is N#Cc1ccc2c(c1)CCc1cc(C#N)ccc1C2=O. The van der Waals surface area contributed by atoms with E-state index in [0.717, 1.165) is 11.1 Å². The van der Waals surface area contributed by atoms with Gasteiger partial charge in [0.05, 0.1) is 23.3 Å². The number of fused-ring (bicyclic) bond motifs is 2. The lowest BCUT2D eigenvalue weighted by Gasteiger charge is -2.05. The molecule has 0 aromatic heterocycles. The average molecular weight is 258 g/mol. The number of carbonyl (C=O) groups is 1. The standard InChI is InChI=1S/C17H10N2O/c18-9-11-1-5-15-13(7-11)3-4-14-8-12(10-19)2-6-16(14)17(15)20/h1-2,5-8H,3-4H2. The van der Waals surface area contributed by atoms with Crippen LogP contribution in [0.1, 0.15) is 38.2 Å². The lowest BCUT2D eigenvalue weighted by atomic mass is 9.97. The van der Waals surface area contributed by atoms with Crippen molar-refractivity contribution in [3.8, 4) is 12.1 Å². The number of rotatable bonds is 0. The molecule has 0 spiro atoms. The van der Waals surface area contributed by atoms with Crippen molar-refractivity contribution in [3.05, 3.63) is 69.8 Å². The maximum Gasteiger partial charge on any atom is 0.193 e. The number of nitrogens with zero attached hydrogens (tertiary/aromatic N) is 2. The second-order valence-electron chi connectivity index (χ2n) is 4.80. The number of carbonyl (C=O) groups excluding carboxylic acids is 1. The van der Waals surface area contributed by atoms with E-state index in [0.29, 0.717) is 35.1 Å². The van der Waals surface area contributed by atoms with E-state index in [4.69, 9.17) is 10.5 Å². The molecule has 0 amide bonds.